The summed E-state index contributed by atoms with van der Waals surface area (Å²) in [6.45, 7) is 4.36. The van der Waals surface area contributed by atoms with Crippen LogP contribution in [-0.2, 0) is 15.9 Å². The number of likely N-dealkylation sites (N-methyl/N-ethyl adjacent to an activating group) is 1. The lowest BCUT2D eigenvalue weighted by Crippen LogP contribution is -2.55. The molecule has 4 nitrogen and oxygen atoms in total. The average Bonchev–Trinajstić information content (AvgIpc) is 2.90. The van der Waals surface area contributed by atoms with Crippen molar-refractivity contribution in [2.24, 2.45) is 0 Å². The highest BCUT2D eigenvalue weighted by Crippen LogP contribution is 2.30. The van der Waals surface area contributed by atoms with Crippen LogP contribution in [-0.4, -0.2) is 38.5 Å². The maximum absolute atomic E-state index is 6.10. The van der Waals surface area contributed by atoms with Gasteiger partial charge in [0.1, 0.15) is 0 Å². The first-order valence-electron chi connectivity index (χ1n) is 6.71. The van der Waals surface area contributed by atoms with E-state index in [0.29, 0.717) is 6.04 Å². The number of ether oxygens (including phenoxy) is 2. The zero-order chi connectivity index (χ0) is 12.8. The summed E-state index contributed by atoms with van der Waals surface area (Å²) in [6, 6.07) is 2.31. The van der Waals surface area contributed by atoms with Crippen molar-refractivity contribution in [3.05, 3.63) is 24.2 Å². The largest absolute Gasteiger partial charge is 0.472 e. The van der Waals surface area contributed by atoms with E-state index in [2.05, 4.69) is 12.2 Å². The smallest absolute Gasteiger partial charge is 0.0935 e. The molecule has 1 aromatic heterocycles. The van der Waals surface area contributed by atoms with E-state index < -0.39 is 0 Å². The summed E-state index contributed by atoms with van der Waals surface area (Å²) < 4.78 is 16.7. The van der Waals surface area contributed by atoms with Crippen molar-refractivity contribution < 1.29 is 13.9 Å². The molecule has 2 rings (SSSR count). The molecule has 1 aromatic rings. The molecule has 18 heavy (non-hydrogen) atoms. The van der Waals surface area contributed by atoms with Crippen molar-refractivity contribution in [2.75, 3.05) is 26.9 Å². The Morgan fingerprint density at radius 3 is 2.78 bits per heavy atom. The van der Waals surface area contributed by atoms with E-state index in [1.807, 2.05) is 19.4 Å². The molecule has 1 atom stereocenters. The van der Waals surface area contributed by atoms with Crippen molar-refractivity contribution in [2.45, 2.75) is 37.8 Å². The SMILES string of the molecule is CCOC1(C(Cc2ccoc2)NC)CCOCC1. The third-order valence-corrected chi connectivity index (χ3v) is 3.77. The second-order valence-corrected chi connectivity index (χ2v) is 4.79. The van der Waals surface area contributed by atoms with Crippen molar-refractivity contribution in [3.63, 3.8) is 0 Å². The van der Waals surface area contributed by atoms with Crippen molar-refractivity contribution in [3.8, 4) is 0 Å². The van der Waals surface area contributed by atoms with E-state index >= 15 is 0 Å². The minimum absolute atomic E-state index is 0.112. The summed E-state index contributed by atoms with van der Waals surface area (Å²) in [5, 5.41) is 3.41. The summed E-state index contributed by atoms with van der Waals surface area (Å²) in [5.41, 5.74) is 1.10. The van der Waals surface area contributed by atoms with Gasteiger partial charge in [0, 0.05) is 38.7 Å². The minimum Gasteiger partial charge on any atom is -0.472 e. The number of hydrogen-bond acceptors (Lipinski definition) is 4. The lowest BCUT2D eigenvalue weighted by Gasteiger charge is -2.43. The van der Waals surface area contributed by atoms with Gasteiger partial charge in [-0.1, -0.05) is 0 Å². The molecule has 0 aromatic carbocycles. The number of furan rings is 1. The van der Waals surface area contributed by atoms with E-state index in [-0.39, 0.29) is 5.60 Å². The molecule has 0 amide bonds. The van der Waals surface area contributed by atoms with Crippen LogP contribution < -0.4 is 5.32 Å². The molecule has 4 heteroatoms. The predicted molar refractivity (Wildman–Crippen MR) is 69.7 cm³/mol. The maximum Gasteiger partial charge on any atom is 0.0935 e. The van der Waals surface area contributed by atoms with Gasteiger partial charge in [0.15, 0.2) is 0 Å². The normalized spacial score (nSPS) is 20.8. The summed E-state index contributed by atoms with van der Waals surface area (Å²) in [7, 11) is 2.00. The van der Waals surface area contributed by atoms with Crippen molar-refractivity contribution in [1.82, 2.24) is 5.32 Å². The highest BCUT2D eigenvalue weighted by atomic mass is 16.5. The Kier molecular flexibility index (Phi) is 4.80. The lowest BCUT2D eigenvalue weighted by atomic mass is 9.83. The monoisotopic (exact) mass is 253 g/mol. The molecule has 0 radical (unpaired) electrons. The van der Waals surface area contributed by atoms with E-state index in [9.17, 15) is 0 Å². The van der Waals surface area contributed by atoms with Gasteiger partial charge in [0.2, 0.25) is 0 Å². The molecule has 1 aliphatic heterocycles. The molecule has 0 saturated carbocycles. The van der Waals surface area contributed by atoms with Crippen LogP contribution in [0.3, 0.4) is 0 Å². The van der Waals surface area contributed by atoms with Gasteiger partial charge >= 0.3 is 0 Å². The van der Waals surface area contributed by atoms with Crippen LogP contribution in [0.1, 0.15) is 25.3 Å². The van der Waals surface area contributed by atoms with Gasteiger partial charge in [-0.2, -0.15) is 0 Å². The summed E-state index contributed by atoms with van der Waals surface area (Å²) in [6.07, 6.45) is 6.35. The zero-order valence-electron chi connectivity index (χ0n) is 11.3. The summed E-state index contributed by atoms with van der Waals surface area (Å²) >= 11 is 0. The van der Waals surface area contributed by atoms with Crippen molar-refractivity contribution in [1.29, 1.82) is 0 Å². The van der Waals surface area contributed by atoms with Gasteiger partial charge in [0.05, 0.1) is 18.1 Å². The van der Waals surface area contributed by atoms with Crippen LogP contribution in [0.4, 0.5) is 0 Å². The molecule has 2 heterocycles. The molecule has 1 saturated heterocycles. The van der Waals surface area contributed by atoms with E-state index in [1.54, 1.807) is 6.26 Å². The number of nitrogens with one attached hydrogen (secondary N) is 1. The standard InChI is InChI=1S/C14H23NO3/c1-3-18-14(5-8-16-9-6-14)13(15-2)10-12-4-7-17-11-12/h4,7,11,13,15H,3,5-6,8-10H2,1-2H3. The van der Waals surface area contributed by atoms with Gasteiger partial charge in [-0.25, -0.2) is 0 Å². The molecule has 102 valence electrons. The van der Waals surface area contributed by atoms with Crippen LogP contribution in [0.5, 0.6) is 0 Å². The number of hydrogen-bond donors (Lipinski definition) is 1. The van der Waals surface area contributed by atoms with Crippen molar-refractivity contribution >= 4 is 0 Å². The second kappa shape index (κ2) is 6.36. The minimum atomic E-state index is -0.112. The van der Waals surface area contributed by atoms with Crippen LogP contribution in [0.25, 0.3) is 0 Å². The quantitative estimate of drug-likeness (QED) is 0.842. The average molecular weight is 253 g/mol. The fraction of sp³-hybridized carbons (Fsp3) is 0.714. The Balaban J connectivity index is 2.10. The van der Waals surface area contributed by atoms with Crippen LogP contribution in [0.2, 0.25) is 0 Å². The lowest BCUT2D eigenvalue weighted by molar-refractivity contribution is -0.125. The maximum atomic E-state index is 6.10. The van der Waals surface area contributed by atoms with Gasteiger partial charge < -0.3 is 19.2 Å². The van der Waals surface area contributed by atoms with Crippen LogP contribution in [0.15, 0.2) is 23.0 Å². The van der Waals surface area contributed by atoms with Crippen LogP contribution >= 0.6 is 0 Å². The topological polar surface area (TPSA) is 43.6 Å². The molecular formula is C14H23NO3. The van der Waals surface area contributed by atoms with Crippen LogP contribution in [0, 0.1) is 0 Å². The molecule has 0 spiro atoms. The highest BCUT2D eigenvalue weighted by molar-refractivity contribution is 5.10. The Morgan fingerprint density at radius 1 is 1.44 bits per heavy atom. The fourth-order valence-electron chi connectivity index (χ4n) is 2.79. The molecular weight excluding hydrogens is 230 g/mol. The Hall–Kier alpha value is -0.840. The zero-order valence-corrected chi connectivity index (χ0v) is 11.3. The first kappa shape index (κ1) is 13.6. The third kappa shape index (κ3) is 2.94. The van der Waals surface area contributed by atoms with Gasteiger partial charge in [-0.3, -0.25) is 0 Å². The van der Waals surface area contributed by atoms with E-state index in [1.165, 1.54) is 5.56 Å². The predicted octanol–water partition coefficient (Wildman–Crippen LogP) is 2.00. The molecule has 1 aliphatic rings. The fourth-order valence-corrected chi connectivity index (χ4v) is 2.79. The molecule has 0 aliphatic carbocycles. The number of rotatable bonds is 6. The Bertz CT molecular complexity index is 325. The Labute approximate surface area is 109 Å². The molecule has 1 unspecified atom stereocenters. The van der Waals surface area contributed by atoms with Gasteiger partial charge in [-0.05, 0) is 32.0 Å². The van der Waals surface area contributed by atoms with Gasteiger partial charge in [0.25, 0.3) is 0 Å². The first-order chi connectivity index (χ1) is 8.80. The molecule has 1 N–H and O–H groups in total. The third-order valence-electron chi connectivity index (χ3n) is 3.77. The highest BCUT2D eigenvalue weighted by Gasteiger charge is 2.40. The summed E-state index contributed by atoms with van der Waals surface area (Å²) in [4.78, 5) is 0. The Morgan fingerprint density at radius 2 is 2.22 bits per heavy atom. The van der Waals surface area contributed by atoms with E-state index in [4.69, 9.17) is 13.9 Å². The summed E-state index contributed by atoms with van der Waals surface area (Å²) in [5.74, 6) is 0. The second-order valence-electron chi connectivity index (χ2n) is 4.79. The van der Waals surface area contributed by atoms with E-state index in [0.717, 1.165) is 39.1 Å². The molecule has 1 fully saturated rings. The first-order valence-corrected chi connectivity index (χ1v) is 6.71. The van der Waals surface area contributed by atoms with Gasteiger partial charge in [-0.15, -0.1) is 0 Å². The molecule has 0 bridgehead atoms.